The Balaban J connectivity index is 2.07. The van der Waals surface area contributed by atoms with Crippen LogP contribution in [0.15, 0.2) is 24.3 Å². The van der Waals surface area contributed by atoms with Crippen molar-refractivity contribution in [2.75, 3.05) is 0 Å². The molecule has 0 aliphatic heterocycles. The molecule has 0 radical (unpaired) electrons. The second-order valence-electron chi connectivity index (χ2n) is 5.16. The van der Waals surface area contributed by atoms with Gasteiger partial charge in [-0.3, -0.25) is 0 Å². The zero-order valence-corrected chi connectivity index (χ0v) is 10.3. The summed E-state index contributed by atoms with van der Waals surface area (Å²) in [5.74, 6) is 0.994. The molecule has 1 N–H and O–H groups in total. The van der Waals surface area contributed by atoms with Gasteiger partial charge in [0, 0.05) is 6.07 Å². The van der Waals surface area contributed by atoms with Gasteiger partial charge in [0.15, 0.2) is 0 Å². The molecule has 0 amide bonds. The first kappa shape index (κ1) is 12.4. The van der Waals surface area contributed by atoms with Crippen LogP contribution < -0.4 is 4.74 Å². The van der Waals surface area contributed by atoms with Gasteiger partial charge < -0.3 is 9.84 Å². The van der Waals surface area contributed by atoms with Crippen molar-refractivity contribution in [3.63, 3.8) is 0 Å². The van der Waals surface area contributed by atoms with E-state index in [0.717, 1.165) is 12.8 Å². The van der Waals surface area contributed by atoms with Crippen molar-refractivity contribution in [3.8, 4) is 5.75 Å². The number of aliphatic hydroxyl groups is 1. The predicted octanol–water partition coefficient (Wildman–Crippen LogP) is 3.00. The number of hydrogen-bond donors (Lipinski definition) is 1. The van der Waals surface area contributed by atoms with Crippen LogP contribution in [0, 0.1) is 17.7 Å². The fourth-order valence-electron chi connectivity index (χ4n) is 2.68. The number of benzene rings is 1. The molecule has 94 valence electrons. The fourth-order valence-corrected chi connectivity index (χ4v) is 2.68. The lowest BCUT2D eigenvalue weighted by molar-refractivity contribution is -0.0389. The lowest BCUT2D eigenvalue weighted by Gasteiger charge is -2.36. The van der Waals surface area contributed by atoms with Crippen molar-refractivity contribution in [2.45, 2.75) is 38.9 Å². The van der Waals surface area contributed by atoms with Crippen LogP contribution in [0.1, 0.15) is 26.7 Å². The minimum Gasteiger partial charge on any atom is -0.487 e. The first-order chi connectivity index (χ1) is 8.06. The van der Waals surface area contributed by atoms with Crippen LogP contribution in [-0.2, 0) is 0 Å². The molecule has 1 fully saturated rings. The van der Waals surface area contributed by atoms with E-state index in [4.69, 9.17) is 4.74 Å². The highest BCUT2D eigenvalue weighted by Gasteiger charge is 2.34. The molecule has 0 heterocycles. The quantitative estimate of drug-likeness (QED) is 0.858. The van der Waals surface area contributed by atoms with Crippen LogP contribution in [0.25, 0.3) is 0 Å². The second kappa shape index (κ2) is 5.05. The highest BCUT2D eigenvalue weighted by atomic mass is 19.1. The Morgan fingerprint density at radius 2 is 2.06 bits per heavy atom. The number of ether oxygens (including phenoxy) is 1. The summed E-state index contributed by atoms with van der Waals surface area (Å²) in [6.07, 6.45) is 1.10. The molecule has 0 spiro atoms. The molecule has 1 aromatic rings. The summed E-state index contributed by atoms with van der Waals surface area (Å²) in [4.78, 5) is 0. The van der Waals surface area contributed by atoms with Gasteiger partial charge in [-0.1, -0.05) is 19.9 Å². The zero-order valence-electron chi connectivity index (χ0n) is 10.3. The standard InChI is InChI=1S/C14H19FO2/c1-9-6-10(2)14(13(16)7-9)17-12-5-3-4-11(15)8-12/h3-5,8-10,13-14,16H,6-7H2,1-2H3. The molecule has 1 saturated carbocycles. The van der Waals surface area contributed by atoms with Gasteiger partial charge in [0.1, 0.15) is 17.7 Å². The second-order valence-corrected chi connectivity index (χ2v) is 5.16. The van der Waals surface area contributed by atoms with Gasteiger partial charge in [-0.05, 0) is 36.8 Å². The van der Waals surface area contributed by atoms with Crippen molar-refractivity contribution in [1.29, 1.82) is 0 Å². The third kappa shape index (κ3) is 2.97. The molecule has 1 aliphatic carbocycles. The smallest absolute Gasteiger partial charge is 0.127 e. The van der Waals surface area contributed by atoms with E-state index in [1.165, 1.54) is 12.1 Å². The van der Waals surface area contributed by atoms with Crippen LogP contribution in [0.4, 0.5) is 4.39 Å². The molecule has 1 aromatic carbocycles. The molecule has 1 aliphatic rings. The van der Waals surface area contributed by atoms with Crippen molar-refractivity contribution >= 4 is 0 Å². The van der Waals surface area contributed by atoms with Gasteiger partial charge in [-0.2, -0.15) is 0 Å². The van der Waals surface area contributed by atoms with Crippen molar-refractivity contribution in [2.24, 2.45) is 11.8 Å². The van der Waals surface area contributed by atoms with E-state index in [0.29, 0.717) is 11.7 Å². The maximum absolute atomic E-state index is 13.0. The highest BCUT2D eigenvalue weighted by molar-refractivity contribution is 5.23. The van der Waals surface area contributed by atoms with Gasteiger partial charge in [-0.25, -0.2) is 4.39 Å². The first-order valence-corrected chi connectivity index (χ1v) is 6.16. The number of rotatable bonds is 2. The number of hydrogen-bond acceptors (Lipinski definition) is 2. The van der Waals surface area contributed by atoms with Gasteiger partial charge in [0.2, 0.25) is 0 Å². The molecule has 17 heavy (non-hydrogen) atoms. The van der Waals surface area contributed by atoms with Gasteiger partial charge in [0.25, 0.3) is 0 Å². The van der Waals surface area contributed by atoms with E-state index < -0.39 is 6.10 Å². The zero-order chi connectivity index (χ0) is 12.4. The lowest BCUT2D eigenvalue weighted by Crippen LogP contribution is -2.43. The van der Waals surface area contributed by atoms with Crippen molar-refractivity contribution in [3.05, 3.63) is 30.1 Å². The van der Waals surface area contributed by atoms with E-state index in [2.05, 4.69) is 13.8 Å². The number of aliphatic hydroxyl groups excluding tert-OH is 1. The third-order valence-corrected chi connectivity index (χ3v) is 3.43. The Morgan fingerprint density at radius 1 is 1.29 bits per heavy atom. The lowest BCUT2D eigenvalue weighted by atomic mass is 9.79. The summed E-state index contributed by atoms with van der Waals surface area (Å²) in [6, 6.07) is 6.08. The average Bonchev–Trinajstić information content (AvgIpc) is 2.23. The van der Waals surface area contributed by atoms with Crippen LogP contribution in [-0.4, -0.2) is 17.3 Å². The van der Waals surface area contributed by atoms with Crippen molar-refractivity contribution < 1.29 is 14.2 Å². The average molecular weight is 238 g/mol. The molecular weight excluding hydrogens is 219 g/mol. The maximum Gasteiger partial charge on any atom is 0.127 e. The van der Waals surface area contributed by atoms with E-state index >= 15 is 0 Å². The fraction of sp³-hybridized carbons (Fsp3) is 0.571. The Morgan fingerprint density at radius 3 is 2.71 bits per heavy atom. The SMILES string of the molecule is CC1CC(C)C(Oc2cccc(F)c2)C(O)C1. The van der Waals surface area contributed by atoms with Gasteiger partial charge in [-0.15, -0.1) is 0 Å². The minimum atomic E-state index is -0.461. The van der Waals surface area contributed by atoms with Crippen LogP contribution in [0.3, 0.4) is 0 Å². The molecule has 2 nitrogen and oxygen atoms in total. The molecule has 0 bridgehead atoms. The summed E-state index contributed by atoms with van der Waals surface area (Å²) in [6.45, 7) is 4.21. The largest absolute Gasteiger partial charge is 0.487 e. The number of halogens is 1. The molecule has 2 rings (SSSR count). The molecular formula is C14H19FO2. The Bertz CT molecular complexity index is 368. The third-order valence-electron chi connectivity index (χ3n) is 3.43. The van der Waals surface area contributed by atoms with Crippen molar-refractivity contribution in [1.82, 2.24) is 0 Å². The summed E-state index contributed by atoms with van der Waals surface area (Å²) in [5, 5.41) is 10.0. The Labute approximate surface area is 101 Å². The summed E-state index contributed by atoms with van der Waals surface area (Å²) in [5.41, 5.74) is 0. The monoisotopic (exact) mass is 238 g/mol. The Kier molecular flexibility index (Phi) is 3.67. The highest BCUT2D eigenvalue weighted by Crippen LogP contribution is 2.32. The van der Waals surface area contributed by atoms with Crippen LogP contribution in [0.5, 0.6) is 5.75 Å². The molecule has 4 atom stereocenters. The van der Waals surface area contributed by atoms with E-state index in [1.54, 1.807) is 12.1 Å². The first-order valence-electron chi connectivity index (χ1n) is 6.16. The van der Waals surface area contributed by atoms with E-state index in [-0.39, 0.29) is 17.8 Å². The Hall–Kier alpha value is -1.09. The topological polar surface area (TPSA) is 29.5 Å². The summed E-state index contributed by atoms with van der Waals surface area (Å²) < 4.78 is 18.8. The summed E-state index contributed by atoms with van der Waals surface area (Å²) >= 11 is 0. The van der Waals surface area contributed by atoms with E-state index in [1.807, 2.05) is 0 Å². The van der Waals surface area contributed by atoms with Gasteiger partial charge >= 0.3 is 0 Å². The normalized spacial score (nSPS) is 33.4. The van der Waals surface area contributed by atoms with Crippen LogP contribution >= 0.6 is 0 Å². The predicted molar refractivity (Wildman–Crippen MR) is 64.4 cm³/mol. The molecule has 3 heteroatoms. The van der Waals surface area contributed by atoms with Gasteiger partial charge in [0.05, 0.1) is 6.10 Å². The molecule has 4 unspecified atom stereocenters. The maximum atomic E-state index is 13.0. The molecule has 0 aromatic heterocycles. The summed E-state index contributed by atoms with van der Waals surface area (Å²) in [7, 11) is 0. The molecule has 0 saturated heterocycles. The van der Waals surface area contributed by atoms with Crippen LogP contribution in [0.2, 0.25) is 0 Å². The van der Waals surface area contributed by atoms with E-state index in [9.17, 15) is 9.50 Å². The minimum absolute atomic E-state index is 0.229.